The standard InChI is InChI=1S/C18H25NO4/c1-22-11-13-4-2-5-14(10-13)18(21)19-8-9-23-12-16(19)15-6-3-7-17(15)20/h2,4-5,10,15-17,20H,3,6-9,11-12H2,1H3/t15-,16+,17-/m0/s1. The van der Waals surface area contributed by atoms with Gasteiger partial charge in [0.25, 0.3) is 5.91 Å². The first-order valence-corrected chi connectivity index (χ1v) is 8.35. The van der Waals surface area contributed by atoms with E-state index in [0.717, 1.165) is 24.8 Å². The largest absolute Gasteiger partial charge is 0.393 e. The van der Waals surface area contributed by atoms with Crippen LogP contribution in [0.3, 0.4) is 0 Å². The van der Waals surface area contributed by atoms with Crippen molar-refractivity contribution in [1.82, 2.24) is 4.90 Å². The molecule has 5 heteroatoms. The van der Waals surface area contributed by atoms with E-state index in [1.807, 2.05) is 29.2 Å². The van der Waals surface area contributed by atoms with Gasteiger partial charge in [-0.25, -0.2) is 0 Å². The van der Waals surface area contributed by atoms with Gasteiger partial charge in [-0.15, -0.1) is 0 Å². The Morgan fingerprint density at radius 3 is 3.04 bits per heavy atom. The van der Waals surface area contributed by atoms with Gasteiger partial charge in [0.15, 0.2) is 0 Å². The summed E-state index contributed by atoms with van der Waals surface area (Å²) < 4.78 is 10.7. The Morgan fingerprint density at radius 2 is 2.30 bits per heavy atom. The number of methoxy groups -OCH3 is 1. The number of ether oxygens (including phenoxy) is 2. The van der Waals surface area contributed by atoms with Crippen LogP contribution in [0, 0.1) is 5.92 Å². The molecule has 1 heterocycles. The molecule has 1 aliphatic carbocycles. The number of carbonyl (C=O) groups excluding carboxylic acids is 1. The molecule has 1 saturated heterocycles. The summed E-state index contributed by atoms with van der Waals surface area (Å²) in [5.74, 6) is 0.150. The molecule has 1 aromatic rings. The number of benzene rings is 1. The van der Waals surface area contributed by atoms with Crippen LogP contribution in [0.2, 0.25) is 0 Å². The van der Waals surface area contributed by atoms with Gasteiger partial charge in [-0.05, 0) is 30.5 Å². The van der Waals surface area contributed by atoms with E-state index in [9.17, 15) is 9.90 Å². The molecule has 1 saturated carbocycles. The highest BCUT2D eigenvalue weighted by Gasteiger charge is 2.39. The number of hydrogen-bond donors (Lipinski definition) is 1. The fraction of sp³-hybridized carbons (Fsp3) is 0.611. The first-order chi connectivity index (χ1) is 11.2. The van der Waals surface area contributed by atoms with Crippen LogP contribution < -0.4 is 0 Å². The summed E-state index contributed by atoms with van der Waals surface area (Å²) in [5, 5.41) is 10.2. The van der Waals surface area contributed by atoms with Crippen molar-refractivity contribution in [2.45, 2.75) is 38.0 Å². The van der Waals surface area contributed by atoms with E-state index < -0.39 is 0 Å². The molecule has 0 radical (unpaired) electrons. The van der Waals surface area contributed by atoms with Crippen LogP contribution in [0.1, 0.15) is 35.2 Å². The molecule has 0 bridgehead atoms. The second-order valence-electron chi connectivity index (χ2n) is 6.44. The molecule has 1 aliphatic heterocycles. The highest BCUT2D eigenvalue weighted by molar-refractivity contribution is 5.94. The van der Waals surface area contributed by atoms with Crippen molar-refractivity contribution in [3.63, 3.8) is 0 Å². The van der Waals surface area contributed by atoms with Gasteiger partial charge in [-0.2, -0.15) is 0 Å². The van der Waals surface area contributed by atoms with E-state index in [-0.39, 0.29) is 24.0 Å². The molecule has 5 nitrogen and oxygen atoms in total. The molecule has 23 heavy (non-hydrogen) atoms. The quantitative estimate of drug-likeness (QED) is 0.920. The number of rotatable bonds is 4. The predicted molar refractivity (Wildman–Crippen MR) is 86.1 cm³/mol. The number of aliphatic hydroxyl groups is 1. The Labute approximate surface area is 137 Å². The van der Waals surface area contributed by atoms with Gasteiger partial charge in [-0.3, -0.25) is 4.79 Å². The third-order valence-corrected chi connectivity index (χ3v) is 4.94. The zero-order valence-electron chi connectivity index (χ0n) is 13.6. The average molecular weight is 319 g/mol. The Hall–Kier alpha value is -1.43. The lowest BCUT2D eigenvalue weighted by Crippen LogP contribution is -2.53. The van der Waals surface area contributed by atoms with Crippen molar-refractivity contribution in [3.8, 4) is 0 Å². The van der Waals surface area contributed by atoms with Gasteiger partial charge < -0.3 is 19.5 Å². The Bertz CT molecular complexity index is 548. The van der Waals surface area contributed by atoms with Crippen LogP contribution in [-0.2, 0) is 16.1 Å². The lowest BCUT2D eigenvalue weighted by atomic mass is 9.93. The van der Waals surface area contributed by atoms with Gasteiger partial charge in [-0.1, -0.05) is 18.6 Å². The van der Waals surface area contributed by atoms with Crippen molar-refractivity contribution >= 4 is 5.91 Å². The minimum Gasteiger partial charge on any atom is -0.393 e. The van der Waals surface area contributed by atoms with Crippen molar-refractivity contribution in [1.29, 1.82) is 0 Å². The summed E-state index contributed by atoms with van der Waals surface area (Å²) in [6, 6.07) is 7.56. The van der Waals surface area contributed by atoms with E-state index >= 15 is 0 Å². The lowest BCUT2D eigenvalue weighted by Gasteiger charge is -2.40. The highest BCUT2D eigenvalue weighted by Crippen LogP contribution is 2.32. The molecular weight excluding hydrogens is 294 g/mol. The first kappa shape index (κ1) is 16.4. The zero-order valence-corrected chi connectivity index (χ0v) is 13.6. The fourth-order valence-corrected chi connectivity index (χ4v) is 3.77. The minimum atomic E-state index is -0.322. The molecule has 2 aliphatic rings. The Kier molecular flexibility index (Phi) is 5.30. The normalized spacial score (nSPS) is 28.1. The van der Waals surface area contributed by atoms with Crippen LogP contribution in [-0.4, -0.2) is 54.9 Å². The summed E-state index contributed by atoms with van der Waals surface area (Å²) in [6.07, 6.45) is 2.49. The molecule has 1 amide bonds. The highest BCUT2D eigenvalue weighted by atomic mass is 16.5. The van der Waals surface area contributed by atoms with E-state index in [1.54, 1.807) is 7.11 Å². The number of hydrogen-bond acceptors (Lipinski definition) is 4. The first-order valence-electron chi connectivity index (χ1n) is 8.35. The molecule has 0 spiro atoms. The third-order valence-electron chi connectivity index (χ3n) is 4.94. The van der Waals surface area contributed by atoms with Crippen LogP contribution in [0.25, 0.3) is 0 Å². The fourth-order valence-electron chi connectivity index (χ4n) is 3.77. The third kappa shape index (κ3) is 3.57. The van der Waals surface area contributed by atoms with Crippen molar-refractivity contribution < 1.29 is 19.4 Å². The lowest BCUT2D eigenvalue weighted by molar-refractivity contribution is -0.0383. The zero-order chi connectivity index (χ0) is 16.2. The Balaban J connectivity index is 1.79. The summed E-state index contributed by atoms with van der Waals surface area (Å²) >= 11 is 0. The smallest absolute Gasteiger partial charge is 0.254 e. The second-order valence-corrected chi connectivity index (χ2v) is 6.44. The van der Waals surface area contributed by atoms with E-state index in [0.29, 0.717) is 31.9 Å². The van der Waals surface area contributed by atoms with Gasteiger partial charge in [0.2, 0.25) is 0 Å². The van der Waals surface area contributed by atoms with Crippen LogP contribution in [0.15, 0.2) is 24.3 Å². The van der Waals surface area contributed by atoms with Crippen LogP contribution >= 0.6 is 0 Å². The van der Waals surface area contributed by atoms with E-state index in [2.05, 4.69) is 0 Å². The van der Waals surface area contributed by atoms with Crippen molar-refractivity contribution in [3.05, 3.63) is 35.4 Å². The van der Waals surface area contributed by atoms with Gasteiger partial charge in [0, 0.05) is 25.1 Å². The van der Waals surface area contributed by atoms with Crippen molar-refractivity contribution in [2.75, 3.05) is 26.9 Å². The number of carbonyl (C=O) groups is 1. The summed E-state index contributed by atoms with van der Waals surface area (Å²) in [6.45, 7) is 2.16. The van der Waals surface area contributed by atoms with Crippen LogP contribution in [0.5, 0.6) is 0 Å². The van der Waals surface area contributed by atoms with Gasteiger partial charge >= 0.3 is 0 Å². The Morgan fingerprint density at radius 1 is 1.43 bits per heavy atom. The topological polar surface area (TPSA) is 59.0 Å². The molecular formula is C18H25NO4. The van der Waals surface area contributed by atoms with E-state index in [1.165, 1.54) is 0 Å². The average Bonchev–Trinajstić information content (AvgIpc) is 3.01. The molecule has 1 aromatic carbocycles. The van der Waals surface area contributed by atoms with E-state index in [4.69, 9.17) is 9.47 Å². The number of nitrogens with zero attached hydrogens (tertiary/aromatic N) is 1. The molecule has 1 N–H and O–H groups in total. The summed E-state index contributed by atoms with van der Waals surface area (Å²) in [5.41, 5.74) is 1.67. The number of morpholine rings is 1. The molecule has 0 unspecified atom stereocenters. The van der Waals surface area contributed by atoms with Gasteiger partial charge in [0.1, 0.15) is 0 Å². The van der Waals surface area contributed by atoms with Gasteiger partial charge in [0.05, 0.1) is 32.0 Å². The minimum absolute atomic E-state index is 0.0235. The number of aliphatic hydroxyl groups excluding tert-OH is 1. The second kappa shape index (κ2) is 7.43. The SMILES string of the molecule is COCc1cccc(C(=O)N2CCOC[C@@H]2[C@@H]2CCC[C@@H]2O)c1. The van der Waals surface area contributed by atoms with Crippen LogP contribution in [0.4, 0.5) is 0 Å². The van der Waals surface area contributed by atoms with Crippen molar-refractivity contribution in [2.24, 2.45) is 5.92 Å². The molecule has 126 valence electrons. The predicted octanol–water partition coefficient (Wildman–Crippen LogP) is 1.83. The number of amides is 1. The maximum Gasteiger partial charge on any atom is 0.254 e. The summed E-state index contributed by atoms with van der Waals surface area (Å²) in [4.78, 5) is 14.9. The molecule has 3 atom stereocenters. The molecule has 0 aromatic heterocycles. The maximum atomic E-state index is 13.0. The maximum absolute atomic E-state index is 13.0. The molecule has 2 fully saturated rings. The summed E-state index contributed by atoms with van der Waals surface area (Å²) in [7, 11) is 1.65. The monoisotopic (exact) mass is 319 g/mol. The molecule has 3 rings (SSSR count).